The summed E-state index contributed by atoms with van der Waals surface area (Å²) in [5, 5.41) is 5.41. The van der Waals surface area contributed by atoms with E-state index in [0.717, 1.165) is 11.3 Å². The molecule has 0 aliphatic heterocycles. The molecule has 0 aliphatic carbocycles. The lowest BCUT2D eigenvalue weighted by atomic mass is 10.1. The van der Waals surface area contributed by atoms with Crippen molar-refractivity contribution in [2.24, 2.45) is 0 Å². The number of amides is 2. The van der Waals surface area contributed by atoms with Crippen LogP contribution in [0.3, 0.4) is 0 Å². The molecule has 1 aromatic carbocycles. The molecule has 0 spiro atoms. The number of rotatable bonds is 5. The average Bonchev–Trinajstić information content (AvgIpc) is 3.03. The van der Waals surface area contributed by atoms with E-state index >= 15 is 0 Å². The highest BCUT2D eigenvalue weighted by Gasteiger charge is 2.16. The van der Waals surface area contributed by atoms with Crippen LogP contribution in [-0.4, -0.2) is 40.2 Å². The Labute approximate surface area is 147 Å². The van der Waals surface area contributed by atoms with Crippen molar-refractivity contribution < 1.29 is 14.3 Å². The Bertz CT molecular complexity index is 733. The molecule has 7 heteroatoms. The summed E-state index contributed by atoms with van der Waals surface area (Å²) < 4.78 is 6.93. The molecular weight excluding hydrogens is 320 g/mol. The molecular formula is C18H24N4O3. The zero-order valence-corrected chi connectivity index (χ0v) is 15.0. The zero-order valence-electron chi connectivity index (χ0n) is 15.0. The van der Waals surface area contributed by atoms with Crippen molar-refractivity contribution in [3.63, 3.8) is 0 Å². The van der Waals surface area contributed by atoms with Crippen LogP contribution in [0.1, 0.15) is 36.7 Å². The van der Waals surface area contributed by atoms with Crippen LogP contribution >= 0.6 is 0 Å². The quantitative estimate of drug-likeness (QED) is 0.816. The molecule has 1 aromatic heterocycles. The number of aromatic nitrogens is 2. The fraction of sp³-hybridized carbons (Fsp3) is 0.389. The van der Waals surface area contributed by atoms with Gasteiger partial charge in [0.1, 0.15) is 5.60 Å². The third-order valence-electron chi connectivity index (χ3n) is 3.26. The fourth-order valence-corrected chi connectivity index (χ4v) is 2.21. The maximum Gasteiger partial charge on any atom is 0.407 e. The molecule has 0 bridgehead atoms. The Morgan fingerprint density at radius 1 is 1.20 bits per heavy atom. The van der Waals surface area contributed by atoms with Crippen LogP contribution in [0.25, 0.3) is 5.69 Å². The third kappa shape index (κ3) is 5.63. The van der Waals surface area contributed by atoms with Gasteiger partial charge in [0.2, 0.25) is 0 Å². The lowest BCUT2D eigenvalue weighted by Gasteiger charge is -2.19. The van der Waals surface area contributed by atoms with Gasteiger partial charge in [0, 0.05) is 25.5 Å². The SMILES string of the molecule is Cc1ccc(-n2ccnc2)c(C(=O)NCCNC(=O)OC(C)(C)C)c1. The second-order valence-corrected chi connectivity index (χ2v) is 6.68. The molecule has 0 unspecified atom stereocenters. The predicted octanol–water partition coefficient (Wildman–Crippen LogP) is 2.44. The number of aryl methyl sites for hydroxylation is 1. The van der Waals surface area contributed by atoms with Gasteiger partial charge in [0.25, 0.3) is 5.91 Å². The molecule has 0 saturated carbocycles. The van der Waals surface area contributed by atoms with E-state index in [-0.39, 0.29) is 12.5 Å². The van der Waals surface area contributed by atoms with Crippen molar-refractivity contribution in [3.8, 4) is 5.69 Å². The highest BCUT2D eigenvalue weighted by Crippen LogP contribution is 2.16. The second-order valence-electron chi connectivity index (χ2n) is 6.68. The Hall–Kier alpha value is -2.83. The van der Waals surface area contributed by atoms with E-state index in [0.29, 0.717) is 12.1 Å². The van der Waals surface area contributed by atoms with Crippen LogP contribution in [-0.2, 0) is 4.74 Å². The second kappa shape index (κ2) is 7.83. The Morgan fingerprint density at radius 3 is 2.56 bits per heavy atom. The van der Waals surface area contributed by atoms with Gasteiger partial charge in [-0.25, -0.2) is 9.78 Å². The number of benzene rings is 1. The minimum atomic E-state index is -0.547. The molecule has 0 radical (unpaired) electrons. The number of nitrogens with one attached hydrogen (secondary N) is 2. The smallest absolute Gasteiger partial charge is 0.407 e. The fourth-order valence-electron chi connectivity index (χ4n) is 2.21. The minimum absolute atomic E-state index is 0.210. The van der Waals surface area contributed by atoms with Crippen LogP contribution < -0.4 is 10.6 Å². The molecule has 134 valence electrons. The molecule has 25 heavy (non-hydrogen) atoms. The van der Waals surface area contributed by atoms with Crippen molar-refractivity contribution in [3.05, 3.63) is 48.0 Å². The van der Waals surface area contributed by atoms with Gasteiger partial charge in [-0.2, -0.15) is 0 Å². The largest absolute Gasteiger partial charge is 0.444 e. The summed E-state index contributed by atoms with van der Waals surface area (Å²) in [5.41, 5.74) is 1.74. The van der Waals surface area contributed by atoms with E-state index in [9.17, 15) is 9.59 Å². The number of nitrogens with zero attached hydrogens (tertiary/aromatic N) is 2. The van der Waals surface area contributed by atoms with Crippen LogP contribution in [0, 0.1) is 6.92 Å². The van der Waals surface area contributed by atoms with E-state index < -0.39 is 11.7 Å². The number of carbonyl (C=O) groups excluding carboxylic acids is 2. The summed E-state index contributed by atoms with van der Waals surface area (Å²) in [6, 6.07) is 5.65. The molecule has 7 nitrogen and oxygen atoms in total. The molecule has 2 N–H and O–H groups in total. The summed E-state index contributed by atoms with van der Waals surface area (Å²) in [6.45, 7) is 7.90. The Kier molecular flexibility index (Phi) is 5.80. The van der Waals surface area contributed by atoms with Crippen molar-refractivity contribution >= 4 is 12.0 Å². The van der Waals surface area contributed by atoms with Gasteiger partial charge in [0.15, 0.2) is 0 Å². The molecule has 2 aromatic rings. The number of imidazole rings is 1. The van der Waals surface area contributed by atoms with E-state index in [1.807, 2.05) is 25.1 Å². The van der Waals surface area contributed by atoms with Crippen LogP contribution in [0.5, 0.6) is 0 Å². The summed E-state index contributed by atoms with van der Waals surface area (Å²) in [5.74, 6) is -0.210. The van der Waals surface area contributed by atoms with Gasteiger partial charge in [-0.15, -0.1) is 0 Å². The lowest BCUT2D eigenvalue weighted by Crippen LogP contribution is -2.38. The van der Waals surface area contributed by atoms with Gasteiger partial charge >= 0.3 is 6.09 Å². The molecule has 1 heterocycles. The normalized spacial score (nSPS) is 11.0. The van der Waals surface area contributed by atoms with Crippen LogP contribution in [0.4, 0.5) is 4.79 Å². The highest BCUT2D eigenvalue weighted by atomic mass is 16.6. The monoisotopic (exact) mass is 344 g/mol. The first-order valence-corrected chi connectivity index (χ1v) is 8.10. The Balaban J connectivity index is 1.93. The van der Waals surface area contributed by atoms with E-state index in [4.69, 9.17) is 4.74 Å². The lowest BCUT2D eigenvalue weighted by molar-refractivity contribution is 0.0526. The Morgan fingerprint density at radius 2 is 1.92 bits per heavy atom. The van der Waals surface area contributed by atoms with E-state index in [2.05, 4.69) is 15.6 Å². The van der Waals surface area contributed by atoms with Gasteiger partial charge in [-0.1, -0.05) is 11.6 Å². The van der Waals surface area contributed by atoms with E-state index in [1.54, 1.807) is 44.1 Å². The summed E-state index contributed by atoms with van der Waals surface area (Å²) in [6.07, 6.45) is 4.58. The van der Waals surface area contributed by atoms with Gasteiger partial charge < -0.3 is 19.9 Å². The summed E-state index contributed by atoms with van der Waals surface area (Å²) >= 11 is 0. The topological polar surface area (TPSA) is 85.3 Å². The first kappa shape index (κ1) is 18.5. The predicted molar refractivity (Wildman–Crippen MR) is 94.9 cm³/mol. The zero-order chi connectivity index (χ0) is 18.4. The van der Waals surface area contributed by atoms with Gasteiger partial charge in [0.05, 0.1) is 17.6 Å². The number of alkyl carbamates (subject to hydrolysis) is 1. The van der Waals surface area contributed by atoms with Crippen molar-refractivity contribution in [1.29, 1.82) is 0 Å². The molecule has 0 aliphatic rings. The maximum atomic E-state index is 12.5. The molecule has 0 saturated heterocycles. The van der Waals surface area contributed by atoms with Gasteiger partial charge in [-0.3, -0.25) is 4.79 Å². The first-order chi connectivity index (χ1) is 11.8. The molecule has 2 amide bonds. The van der Waals surface area contributed by atoms with Crippen LogP contribution in [0.2, 0.25) is 0 Å². The van der Waals surface area contributed by atoms with Crippen molar-refractivity contribution in [2.45, 2.75) is 33.3 Å². The number of hydrogen-bond acceptors (Lipinski definition) is 4. The molecule has 0 fully saturated rings. The van der Waals surface area contributed by atoms with E-state index in [1.165, 1.54) is 0 Å². The van der Waals surface area contributed by atoms with Crippen molar-refractivity contribution in [1.82, 2.24) is 20.2 Å². The van der Waals surface area contributed by atoms with Crippen LogP contribution in [0.15, 0.2) is 36.9 Å². The third-order valence-corrected chi connectivity index (χ3v) is 3.26. The minimum Gasteiger partial charge on any atom is -0.444 e. The average molecular weight is 344 g/mol. The first-order valence-electron chi connectivity index (χ1n) is 8.10. The standard InChI is InChI=1S/C18H24N4O3/c1-13-5-6-15(22-10-9-19-12-22)14(11-13)16(23)20-7-8-21-17(24)25-18(2,3)4/h5-6,9-12H,7-8H2,1-4H3,(H,20,23)(H,21,24). The number of carbonyl (C=O) groups is 2. The number of ether oxygens (including phenoxy) is 1. The highest BCUT2D eigenvalue weighted by molar-refractivity contribution is 5.98. The molecule has 0 atom stereocenters. The number of hydrogen-bond donors (Lipinski definition) is 2. The van der Waals surface area contributed by atoms with Crippen molar-refractivity contribution in [2.75, 3.05) is 13.1 Å². The summed E-state index contributed by atoms with van der Waals surface area (Å²) in [7, 11) is 0. The van der Waals surface area contributed by atoms with Gasteiger partial charge in [-0.05, 0) is 39.8 Å². The maximum absolute atomic E-state index is 12.5. The molecule has 2 rings (SSSR count). The summed E-state index contributed by atoms with van der Waals surface area (Å²) in [4.78, 5) is 28.1.